The summed E-state index contributed by atoms with van der Waals surface area (Å²) in [7, 11) is 3.17. The highest BCUT2D eigenvalue weighted by atomic mass is 16.5. The number of hydrogen-bond donors (Lipinski definition) is 2. The SMILES string of the molecule is COc1cc(OC)cc(N2C[C@H](C(=O)N3CCC(c4c[nH]c5ccccc45)(c4c[nH]c5ccccc45)CC3)CC2=O)c1. The fourth-order valence-corrected chi connectivity index (χ4v) is 7.06. The molecule has 42 heavy (non-hydrogen) atoms. The number of hydrogen-bond acceptors (Lipinski definition) is 4. The van der Waals surface area contributed by atoms with Crippen LogP contribution in [-0.2, 0) is 15.0 Å². The van der Waals surface area contributed by atoms with Gasteiger partial charge in [0.25, 0.3) is 0 Å². The van der Waals surface area contributed by atoms with Crippen molar-refractivity contribution in [2.75, 3.05) is 38.8 Å². The fraction of sp³-hybridized carbons (Fsp3) is 0.294. The summed E-state index contributed by atoms with van der Waals surface area (Å²) in [5, 5.41) is 2.43. The van der Waals surface area contributed by atoms with Gasteiger partial charge in [-0.1, -0.05) is 36.4 Å². The van der Waals surface area contributed by atoms with Gasteiger partial charge in [0.2, 0.25) is 11.8 Å². The van der Waals surface area contributed by atoms with Crippen molar-refractivity contribution < 1.29 is 19.1 Å². The quantitative estimate of drug-likeness (QED) is 0.281. The van der Waals surface area contributed by atoms with Gasteiger partial charge >= 0.3 is 0 Å². The van der Waals surface area contributed by atoms with E-state index in [1.54, 1.807) is 25.2 Å². The van der Waals surface area contributed by atoms with Gasteiger partial charge in [-0.05, 0) is 36.1 Å². The minimum absolute atomic E-state index is 0.0483. The van der Waals surface area contributed by atoms with Crippen LogP contribution < -0.4 is 14.4 Å². The maximum Gasteiger partial charge on any atom is 0.228 e. The molecular weight excluding hydrogens is 528 g/mol. The topological polar surface area (TPSA) is 90.7 Å². The van der Waals surface area contributed by atoms with Gasteiger partial charge < -0.3 is 29.2 Å². The number of nitrogens with zero attached hydrogens (tertiary/aromatic N) is 2. The van der Waals surface area contributed by atoms with Crippen molar-refractivity contribution in [3.8, 4) is 11.5 Å². The molecule has 2 aromatic heterocycles. The number of carbonyl (C=O) groups excluding carboxylic acids is 2. The van der Waals surface area contributed by atoms with Gasteiger partial charge in [0.05, 0.1) is 25.8 Å². The van der Waals surface area contributed by atoms with Crippen molar-refractivity contribution in [3.05, 3.63) is 90.3 Å². The van der Waals surface area contributed by atoms with Crippen LogP contribution in [0.3, 0.4) is 0 Å². The van der Waals surface area contributed by atoms with Crippen molar-refractivity contribution in [1.29, 1.82) is 0 Å². The smallest absolute Gasteiger partial charge is 0.228 e. The van der Waals surface area contributed by atoms with Crippen LogP contribution in [0.25, 0.3) is 21.8 Å². The van der Waals surface area contributed by atoms with Crippen LogP contribution in [0.1, 0.15) is 30.4 Å². The minimum Gasteiger partial charge on any atom is -0.497 e. The van der Waals surface area contributed by atoms with E-state index in [1.165, 1.54) is 21.9 Å². The number of carbonyl (C=O) groups is 2. The Morgan fingerprint density at radius 3 is 1.93 bits per heavy atom. The molecule has 8 nitrogen and oxygen atoms in total. The predicted octanol–water partition coefficient (Wildman–Crippen LogP) is 5.63. The number of anilines is 1. The Labute approximate surface area is 244 Å². The molecule has 0 spiro atoms. The Morgan fingerprint density at radius 1 is 0.833 bits per heavy atom. The molecule has 7 rings (SSSR count). The number of para-hydroxylation sites is 2. The third kappa shape index (κ3) is 4.21. The first-order chi connectivity index (χ1) is 20.5. The summed E-state index contributed by atoms with van der Waals surface area (Å²) >= 11 is 0. The second-order valence-corrected chi connectivity index (χ2v) is 11.4. The third-order valence-electron chi connectivity index (χ3n) is 9.26. The van der Waals surface area contributed by atoms with Gasteiger partial charge in [0.1, 0.15) is 11.5 Å². The van der Waals surface area contributed by atoms with Crippen LogP contribution in [0.5, 0.6) is 11.5 Å². The van der Waals surface area contributed by atoms with Crippen LogP contribution >= 0.6 is 0 Å². The van der Waals surface area contributed by atoms with Crippen molar-refractivity contribution in [2.24, 2.45) is 5.92 Å². The summed E-state index contributed by atoms with van der Waals surface area (Å²) < 4.78 is 10.8. The number of likely N-dealkylation sites (tertiary alicyclic amines) is 1. The van der Waals surface area contributed by atoms with Crippen LogP contribution in [0.2, 0.25) is 0 Å². The first kappa shape index (κ1) is 26.2. The number of piperidine rings is 1. The molecule has 5 aromatic rings. The Bertz CT molecular complexity index is 1700. The summed E-state index contributed by atoms with van der Waals surface area (Å²) in [6, 6.07) is 22.3. The van der Waals surface area contributed by atoms with Crippen LogP contribution in [-0.4, -0.2) is 60.5 Å². The minimum atomic E-state index is -0.386. The summed E-state index contributed by atoms with van der Waals surface area (Å²) in [6.45, 7) is 1.59. The van der Waals surface area contributed by atoms with Crippen molar-refractivity contribution in [3.63, 3.8) is 0 Å². The summed E-state index contributed by atoms with van der Waals surface area (Å²) in [6.07, 6.45) is 6.09. The lowest BCUT2D eigenvalue weighted by molar-refractivity contribution is -0.137. The highest BCUT2D eigenvalue weighted by Gasteiger charge is 2.44. The highest BCUT2D eigenvalue weighted by Crippen LogP contribution is 2.47. The number of aromatic nitrogens is 2. The van der Waals surface area contributed by atoms with E-state index in [2.05, 4.69) is 70.9 Å². The van der Waals surface area contributed by atoms with Gasteiger partial charge in [-0.25, -0.2) is 0 Å². The normalized spacial score (nSPS) is 18.6. The van der Waals surface area contributed by atoms with Crippen molar-refractivity contribution >= 4 is 39.3 Å². The number of fused-ring (bicyclic) bond motifs is 2. The number of benzene rings is 3. The van der Waals surface area contributed by atoms with Crippen LogP contribution in [0, 0.1) is 5.92 Å². The number of methoxy groups -OCH3 is 2. The molecule has 8 heteroatoms. The maximum atomic E-state index is 13.9. The molecule has 0 radical (unpaired) electrons. The Morgan fingerprint density at radius 2 is 1.38 bits per heavy atom. The van der Waals surface area contributed by atoms with Crippen LogP contribution in [0.15, 0.2) is 79.1 Å². The summed E-state index contributed by atoms with van der Waals surface area (Å²) in [5.41, 5.74) is 5.19. The van der Waals surface area contributed by atoms with Crippen LogP contribution in [0.4, 0.5) is 5.69 Å². The molecule has 2 aliphatic heterocycles. The van der Waals surface area contributed by atoms with Gasteiger partial charge in [-0.15, -0.1) is 0 Å². The summed E-state index contributed by atoms with van der Waals surface area (Å²) in [5.74, 6) is 0.811. The lowest BCUT2D eigenvalue weighted by Crippen LogP contribution is -2.47. The van der Waals surface area contributed by atoms with Gasteiger partial charge in [-0.3, -0.25) is 9.59 Å². The number of H-pyrrole nitrogens is 2. The van der Waals surface area contributed by atoms with E-state index in [4.69, 9.17) is 9.47 Å². The van der Waals surface area contributed by atoms with E-state index >= 15 is 0 Å². The molecule has 1 atom stereocenters. The average Bonchev–Trinajstić information content (AvgIpc) is 3.77. The number of ether oxygens (including phenoxy) is 2. The zero-order valence-electron chi connectivity index (χ0n) is 23.9. The Balaban J connectivity index is 1.16. The molecule has 0 unspecified atom stereocenters. The van der Waals surface area contributed by atoms with Crippen molar-refractivity contribution in [1.82, 2.24) is 14.9 Å². The molecule has 3 aromatic carbocycles. The predicted molar refractivity (Wildman–Crippen MR) is 163 cm³/mol. The van der Waals surface area contributed by atoms with Gasteiger partial charge in [-0.2, -0.15) is 0 Å². The maximum absolute atomic E-state index is 13.9. The molecule has 0 saturated carbocycles. The molecule has 0 bridgehead atoms. The van der Waals surface area contributed by atoms with E-state index in [0.717, 1.165) is 23.9 Å². The molecule has 2 saturated heterocycles. The lowest BCUT2D eigenvalue weighted by Gasteiger charge is -2.43. The second-order valence-electron chi connectivity index (χ2n) is 11.4. The monoisotopic (exact) mass is 562 g/mol. The molecule has 2 N–H and O–H groups in total. The molecule has 0 aliphatic carbocycles. The molecular formula is C34H34N4O4. The lowest BCUT2D eigenvalue weighted by atomic mass is 9.67. The first-order valence-electron chi connectivity index (χ1n) is 14.5. The molecule has 2 amide bonds. The van der Waals surface area contributed by atoms with Gasteiger partial charge in [0, 0.05) is 83.9 Å². The van der Waals surface area contributed by atoms with E-state index in [-0.39, 0.29) is 29.6 Å². The molecule has 2 aliphatic rings. The molecule has 4 heterocycles. The van der Waals surface area contributed by atoms with E-state index < -0.39 is 0 Å². The van der Waals surface area contributed by atoms with E-state index in [1.807, 2.05) is 17.0 Å². The third-order valence-corrected chi connectivity index (χ3v) is 9.26. The number of amides is 2. The highest BCUT2D eigenvalue weighted by molar-refractivity contribution is 6.00. The van der Waals surface area contributed by atoms with E-state index in [0.29, 0.717) is 36.8 Å². The second kappa shape index (κ2) is 10.3. The average molecular weight is 563 g/mol. The molecule has 2 fully saturated rings. The largest absolute Gasteiger partial charge is 0.497 e. The Hall–Kier alpha value is -4.72. The zero-order chi connectivity index (χ0) is 28.8. The number of aromatic amines is 2. The first-order valence-corrected chi connectivity index (χ1v) is 14.5. The number of rotatable bonds is 6. The fourth-order valence-electron chi connectivity index (χ4n) is 7.06. The van der Waals surface area contributed by atoms with Gasteiger partial charge in [0.15, 0.2) is 0 Å². The molecule has 214 valence electrons. The zero-order valence-corrected chi connectivity index (χ0v) is 23.9. The van der Waals surface area contributed by atoms with E-state index in [9.17, 15) is 9.59 Å². The summed E-state index contributed by atoms with van der Waals surface area (Å²) in [4.78, 5) is 37.6. The number of nitrogens with one attached hydrogen (secondary N) is 2. The Kier molecular flexibility index (Phi) is 6.41. The standard InChI is InChI=1S/C34H34N4O4/c1-41-24-16-23(17-25(18-24)42-2)38-21-22(15-32(38)39)33(40)37-13-11-34(12-14-37,28-19-35-30-9-5-3-7-26(28)30)29-20-36-31-10-6-4-8-27(29)31/h3-10,16-20,22,35-36H,11-15,21H2,1-2H3/t22-/m1/s1. The van der Waals surface area contributed by atoms with Crippen molar-refractivity contribution in [2.45, 2.75) is 24.7 Å².